The number of esters is 1. The van der Waals surface area contributed by atoms with Crippen LogP contribution >= 0.6 is 0 Å². The normalized spacial score (nSPS) is 23.8. The number of ether oxygens (including phenoxy) is 2. The Morgan fingerprint density at radius 3 is 2.15 bits per heavy atom. The topological polar surface area (TPSA) is 80.3 Å². The van der Waals surface area contributed by atoms with Crippen molar-refractivity contribution in [3.63, 3.8) is 0 Å². The lowest BCUT2D eigenvalue weighted by Gasteiger charge is -2.51. The first-order valence-electron chi connectivity index (χ1n) is 9.14. The molecule has 0 aromatic heterocycles. The van der Waals surface area contributed by atoms with Gasteiger partial charge in [0, 0.05) is 33.5 Å². The van der Waals surface area contributed by atoms with Gasteiger partial charge in [-0.1, -0.05) is 26.5 Å². The summed E-state index contributed by atoms with van der Waals surface area (Å²) in [6.07, 6.45) is 5.31. The van der Waals surface area contributed by atoms with Gasteiger partial charge >= 0.3 is 20.5 Å². The SMILES string of the molecule is C=CC(=O)OC1CCC[Si](OC)(OC)C1(CCC)OC.C=CC(=O)O[SiH2]C. The van der Waals surface area contributed by atoms with Gasteiger partial charge < -0.3 is 22.8 Å². The number of carbonyl (C=O) groups is 2. The smallest absolute Gasteiger partial charge is 0.374 e. The number of hydrogen-bond acceptors (Lipinski definition) is 7. The second-order valence-electron chi connectivity index (χ2n) is 5.98. The fourth-order valence-electron chi connectivity index (χ4n) is 3.50. The third-order valence-corrected chi connectivity index (χ3v) is 9.63. The van der Waals surface area contributed by atoms with E-state index < -0.39 is 29.5 Å². The van der Waals surface area contributed by atoms with Crippen molar-refractivity contribution >= 4 is 30.3 Å². The summed E-state index contributed by atoms with van der Waals surface area (Å²) in [5.41, 5.74) is 0. The van der Waals surface area contributed by atoms with Crippen molar-refractivity contribution in [2.75, 3.05) is 21.3 Å². The van der Waals surface area contributed by atoms with Gasteiger partial charge in [-0.25, -0.2) is 9.59 Å². The Labute approximate surface area is 166 Å². The zero-order valence-electron chi connectivity index (χ0n) is 17.2. The molecule has 1 aliphatic heterocycles. The van der Waals surface area contributed by atoms with E-state index in [1.54, 1.807) is 21.3 Å². The predicted octanol–water partition coefficient (Wildman–Crippen LogP) is 2.18. The van der Waals surface area contributed by atoms with Crippen molar-refractivity contribution in [3.8, 4) is 0 Å². The van der Waals surface area contributed by atoms with Gasteiger partial charge in [-0.15, -0.1) is 0 Å². The standard InChI is InChI=1S/C14H26O5Si.C4H8O2Si/c1-6-10-14(16-3)12(19-13(15)7-2)9-8-11-20(14,17-4)18-5;1-3-4(5)6-7-2/h7,12H,2,6,8-11H2,1,3-5H3;3H,1,7H2,2H3. The summed E-state index contributed by atoms with van der Waals surface area (Å²) >= 11 is 0. The first kappa shape index (κ1) is 25.7. The van der Waals surface area contributed by atoms with Crippen molar-refractivity contribution in [2.45, 2.75) is 56.5 Å². The lowest BCUT2D eigenvalue weighted by Crippen LogP contribution is -2.71. The summed E-state index contributed by atoms with van der Waals surface area (Å²) in [5, 5.41) is -0.665. The van der Waals surface area contributed by atoms with Crippen LogP contribution in [-0.2, 0) is 32.3 Å². The Kier molecular flexibility index (Phi) is 12.4. The van der Waals surface area contributed by atoms with Crippen LogP contribution in [-0.4, -0.2) is 62.9 Å². The van der Waals surface area contributed by atoms with E-state index >= 15 is 0 Å². The molecular weight excluding hydrogens is 384 g/mol. The molecule has 0 aliphatic carbocycles. The van der Waals surface area contributed by atoms with E-state index in [1.165, 1.54) is 12.2 Å². The lowest BCUT2D eigenvalue weighted by molar-refractivity contribution is -0.162. The third kappa shape index (κ3) is 6.39. The van der Waals surface area contributed by atoms with Crippen molar-refractivity contribution in [3.05, 3.63) is 25.3 Å². The van der Waals surface area contributed by atoms with Crippen LogP contribution in [0.4, 0.5) is 0 Å². The Hall–Kier alpha value is -1.27. The second-order valence-corrected chi connectivity index (χ2v) is 10.5. The summed E-state index contributed by atoms with van der Waals surface area (Å²) in [6.45, 7) is 10.6. The number of hydrogen-bond donors (Lipinski definition) is 0. The lowest BCUT2D eigenvalue weighted by atomic mass is 10.0. The molecule has 7 nitrogen and oxygen atoms in total. The molecule has 0 saturated carbocycles. The highest BCUT2D eigenvalue weighted by molar-refractivity contribution is 6.71. The minimum absolute atomic E-state index is 0.297. The molecule has 1 rings (SSSR count). The maximum atomic E-state index is 11.6. The van der Waals surface area contributed by atoms with Crippen LogP contribution < -0.4 is 0 Å². The van der Waals surface area contributed by atoms with Gasteiger partial charge in [-0.2, -0.15) is 0 Å². The number of rotatable bonds is 9. The highest BCUT2D eigenvalue weighted by Crippen LogP contribution is 2.44. The van der Waals surface area contributed by atoms with E-state index in [1.807, 2.05) is 6.55 Å². The fraction of sp³-hybridized carbons (Fsp3) is 0.667. The van der Waals surface area contributed by atoms with Crippen molar-refractivity contribution in [1.29, 1.82) is 0 Å². The number of methoxy groups -OCH3 is 1. The van der Waals surface area contributed by atoms with Crippen molar-refractivity contribution in [2.24, 2.45) is 0 Å². The van der Waals surface area contributed by atoms with Crippen LogP contribution in [0.1, 0.15) is 32.6 Å². The van der Waals surface area contributed by atoms with E-state index in [-0.39, 0.29) is 12.1 Å². The van der Waals surface area contributed by atoms with E-state index in [0.29, 0.717) is 0 Å². The number of carbonyl (C=O) groups excluding carboxylic acids is 2. The molecule has 0 aromatic rings. The monoisotopic (exact) mass is 418 g/mol. The molecule has 1 fully saturated rings. The van der Waals surface area contributed by atoms with Gasteiger partial charge in [0.25, 0.3) is 0 Å². The predicted molar refractivity (Wildman–Crippen MR) is 109 cm³/mol. The molecule has 0 amide bonds. The quantitative estimate of drug-likeness (QED) is 0.322. The first-order valence-corrected chi connectivity index (χ1v) is 13.2. The van der Waals surface area contributed by atoms with E-state index in [0.717, 1.165) is 31.7 Å². The molecule has 0 aromatic carbocycles. The summed E-state index contributed by atoms with van der Waals surface area (Å²) < 4.78 is 27.6. The van der Waals surface area contributed by atoms with Crippen molar-refractivity contribution < 1.29 is 32.3 Å². The Bertz CT molecular complexity index is 494. The van der Waals surface area contributed by atoms with E-state index in [2.05, 4.69) is 24.5 Å². The molecule has 9 heteroatoms. The third-order valence-electron chi connectivity index (χ3n) is 4.66. The molecule has 0 spiro atoms. The minimum Gasteiger partial charge on any atom is -0.522 e. The van der Waals surface area contributed by atoms with Crippen LogP contribution in [0.5, 0.6) is 0 Å². The summed E-state index contributed by atoms with van der Waals surface area (Å²) in [7, 11) is 1.80. The molecule has 0 bridgehead atoms. The van der Waals surface area contributed by atoms with Crippen LogP contribution in [0.3, 0.4) is 0 Å². The van der Waals surface area contributed by atoms with Gasteiger partial charge in [0.05, 0.1) is 0 Å². The summed E-state index contributed by atoms with van der Waals surface area (Å²) in [6, 6.07) is 0.843. The molecule has 1 heterocycles. The molecular formula is C18H34O7Si2. The average molecular weight is 419 g/mol. The van der Waals surface area contributed by atoms with Crippen LogP contribution in [0.2, 0.25) is 12.6 Å². The van der Waals surface area contributed by atoms with Gasteiger partial charge in [0.2, 0.25) is 9.76 Å². The van der Waals surface area contributed by atoms with Gasteiger partial charge in [0.15, 0.2) is 0 Å². The highest BCUT2D eigenvalue weighted by atomic mass is 28.4. The van der Waals surface area contributed by atoms with Crippen LogP contribution in [0, 0.1) is 0 Å². The molecule has 0 N–H and O–H groups in total. The van der Waals surface area contributed by atoms with Crippen molar-refractivity contribution in [1.82, 2.24) is 0 Å². The molecule has 1 saturated heterocycles. The largest absolute Gasteiger partial charge is 0.522 e. The van der Waals surface area contributed by atoms with E-state index in [9.17, 15) is 9.59 Å². The molecule has 2 atom stereocenters. The van der Waals surface area contributed by atoms with Gasteiger partial charge in [-0.3, -0.25) is 0 Å². The zero-order chi connectivity index (χ0) is 20.9. The zero-order valence-corrected chi connectivity index (χ0v) is 19.7. The highest BCUT2D eigenvalue weighted by Gasteiger charge is 2.64. The minimum atomic E-state index is -2.61. The maximum Gasteiger partial charge on any atom is 0.374 e. The molecule has 1 aliphatic rings. The Morgan fingerprint density at radius 2 is 1.78 bits per heavy atom. The van der Waals surface area contributed by atoms with Crippen LogP contribution in [0.25, 0.3) is 0 Å². The molecule has 0 radical (unpaired) electrons. The summed E-state index contributed by atoms with van der Waals surface area (Å²) in [4.78, 5) is 21.7. The first-order chi connectivity index (χ1) is 12.9. The van der Waals surface area contributed by atoms with Crippen LogP contribution in [0.15, 0.2) is 25.3 Å². The second kappa shape index (κ2) is 13.0. The average Bonchev–Trinajstić information content (AvgIpc) is 2.69. The van der Waals surface area contributed by atoms with Gasteiger partial charge in [-0.05, 0) is 31.9 Å². The molecule has 156 valence electrons. The summed E-state index contributed by atoms with van der Waals surface area (Å²) in [5.74, 6) is -0.723. The molecule has 2 unspecified atom stereocenters. The maximum absolute atomic E-state index is 11.6. The van der Waals surface area contributed by atoms with Gasteiger partial charge in [0.1, 0.15) is 11.3 Å². The fourth-order valence-corrected chi connectivity index (χ4v) is 7.90. The molecule has 27 heavy (non-hydrogen) atoms. The Morgan fingerprint density at radius 1 is 1.19 bits per heavy atom. The van der Waals surface area contributed by atoms with E-state index in [4.69, 9.17) is 18.3 Å². The Balaban J connectivity index is 0.000000821.